The zero-order chi connectivity index (χ0) is 18.3. The molecule has 1 amide bonds. The minimum Gasteiger partial charge on any atom is -0.423 e. The Balaban J connectivity index is 1.45. The van der Waals surface area contributed by atoms with Gasteiger partial charge < -0.3 is 14.6 Å². The lowest BCUT2D eigenvalue weighted by molar-refractivity contribution is 0.0791. The van der Waals surface area contributed by atoms with E-state index in [2.05, 4.69) is 10.3 Å². The molecule has 0 radical (unpaired) electrons. The highest BCUT2D eigenvalue weighted by Gasteiger charge is 2.28. The Labute approximate surface area is 160 Å². The number of aromatic nitrogens is 1. The van der Waals surface area contributed by atoms with E-state index >= 15 is 0 Å². The average Bonchev–Trinajstić information content (AvgIpc) is 3.20. The third-order valence-electron chi connectivity index (χ3n) is 4.57. The summed E-state index contributed by atoms with van der Waals surface area (Å²) in [6.07, 6.45) is 0.831. The Hall–Kier alpha value is -2.24. The molecule has 134 valence electrons. The number of rotatable bonds is 3. The number of oxazole rings is 1. The lowest BCUT2D eigenvalue weighted by Crippen LogP contribution is -2.32. The number of carbonyl (C=O) groups is 1. The van der Waals surface area contributed by atoms with Gasteiger partial charge in [0.25, 0.3) is 11.9 Å². The summed E-state index contributed by atoms with van der Waals surface area (Å²) in [5.41, 5.74) is 2.96. The van der Waals surface area contributed by atoms with E-state index in [0.29, 0.717) is 40.3 Å². The van der Waals surface area contributed by atoms with Crippen LogP contribution in [-0.2, 0) is 0 Å². The molecule has 4 rings (SSSR count). The Morgan fingerprint density at radius 2 is 2.00 bits per heavy atom. The number of likely N-dealkylation sites (tertiary alicyclic amines) is 1. The van der Waals surface area contributed by atoms with Crippen molar-refractivity contribution >= 4 is 46.2 Å². The van der Waals surface area contributed by atoms with Gasteiger partial charge in [0.15, 0.2) is 5.58 Å². The first-order chi connectivity index (χ1) is 12.5. The van der Waals surface area contributed by atoms with Crippen molar-refractivity contribution in [3.05, 3.63) is 57.6 Å². The van der Waals surface area contributed by atoms with E-state index in [9.17, 15) is 4.79 Å². The van der Waals surface area contributed by atoms with Crippen LogP contribution in [0.2, 0.25) is 10.0 Å². The summed E-state index contributed by atoms with van der Waals surface area (Å²) in [7, 11) is 0. The van der Waals surface area contributed by atoms with Crippen LogP contribution in [0, 0.1) is 6.92 Å². The first-order valence-electron chi connectivity index (χ1n) is 8.37. The second kappa shape index (κ2) is 6.82. The molecule has 26 heavy (non-hydrogen) atoms. The molecule has 1 saturated heterocycles. The molecule has 2 heterocycles. The highest BCUT2D eigenvalue weighted by atomic mass is 35.5. The van der Waals surface area contributed by atoms with Gasteiger partial charge in [-0.2, -0.15) is 4.98 Å². The molecule has 0 aliphatic carbocycles. The van der Waals surface area contributed by atoms with Crippen molar-refractivity contribution in [1.82, 2.24) is 9.88 Å². The summed E-state index contributed by atoms with van der Waals surface area (Å²) in [6.45, 7) is 3.18. The molecule has 1 fully saturated rings. The number of halogens is 2. The van der Waals surface area contributed by atoms with Gasteiger partial charge in [-0.15, -0.1) is 0 Å². The number of amides is 1. The number of anilines is 1. The highest BCUT2D eigenvalue weighted by Crippen LogP contribution is 2.25. The van der Waals surface area contributed by atoms with Crippen LogP contribution in [0.25, 0.3) is 11.1 Å². The first-order valence-corrected chi connectivity index (χ1v) is 9.13. The van der Waals surface area contributed by atoms with E-state index < -0.39 is 0 Å². The topological polar surface area (TPSA) is 58.4 Å². The van der Waals surface area contributed by atoms with Crippen molar-refractivity contribution in [1.29, 1.82) is 0 Å². The van der Waals surface area contributed by atoms with E-state index in [4.69, 9.17) is 27.6 Å². The van der Waals surface area contributed by atoms with Crippen molar-refractivity contribution in [2.75, 3.05) is 18.4 Å². The molecule has 0 saturated carbocycles. The zero-order valence-corrected chi connectivity index (χ0v) is 15.6. The van der Waals surface area contributed by atoms with Crippen LogP contribution in [-0.4, -0.2) is 34.9 Å². The Morgan fingerprint density at radius 1 is 1.23 bits per heavy atom. The Morgan fingerprint density at radius 3 is 2.81 bits per heavy atom. The predicted molar refractivity (Wildman–Crippen MR) is 103 cm³/mol. The van der Waals surface area contributed by atoms with E-state index in [0.717, 1.165) is 17.5 Å². The minimum atomic E-state index is 0.0211. The van der Waals surface area contributed by atoms with Gasteiger partial charge in [-0.1, -0.05) is 23.2 Å². The lowest BCUT2D eigenvalue weighted by atomic mass is 10.1. The van der Waals surface area contributed by atoms with Crippen molar-refractivity contribution in [2.45, 2.75) is 19.4 Å². The molecule has 5 nitrogen and oxygen atoms in total. The fourth-order valence-corrected chi connectivity index (χ4v) is 3.62. The summed E-state index contributed by atoms with van der Waals surface area (Å²) < 4.78 is 5.70. The van der Waals surface area contributed by atoms with Crippen molar-refractivity contribution in [3.63, 3.8) is 0 Å². The molecular weight excluding hydrogens is 373 g/mol. The number of nitrogens with one attached hydrogen (secondary N) is 1. The predicted octanol–water partition coefficient (Wildman–Crippen LogP) is 4.77. The molecule has 0 bridgehead atoms. The van der Waals surface area contributed by atoms with E-state index in [1.165, 1.54) is 0 Å². The van der Waals surface area contributed by atoms with E-state index in [1.807, 2.05) is 24.0 Å². The quantitative estimate of drug-likeness (QED) is 0.700. The van der Waals surface area contributed by atoms with Gasteiger partial charge in [0, 0.05) is 40.8 Å². The normalized spacial score (nSPS) is 17.0. The number of nitrogens with zero attached hydrogens (tertiary/aromatic N) is 2. The van der Waals surface area contributed by atoms with E-state index in [1.54, 1.807) is 24.3 Å². The van der Waals surface area contributed by atoms with E-state index in [-0.39, 0.29) is 11.9 Å². The fourth-order valence-electron chi connectivity index (χ4n) is 3.23. The molecule has 1 aromatic heterocycles. The molecule has 1 atom stereocenters. The highest BCUT2D eigenvalue weighted by molar-refractivity contribution is 6.31. The molecule has 0 unspecified atom stereocenters. The standard InChI is InChI=1S/C19H17Cl2N3O2/c1-11-8-12(20)2-4-15(11)18(25)24-7-6-14(10-24)22-19-23-16-5-3-13(21)9-17(16)26-19/h2-5,8-9,14H,6-7,10H2,1H3,(H,22,23)/t14-/m1/s1. The van der Waals surface area contributed by atoms with Crippen molar-refractivity contribution in [2.24, 2.45) is 0 Å². The summed E-state index contributed by atoms with van der Waals surface area (Å²) in [5.74, 6) is 0.0211. The number of hydrogen-bond donors (Lipinski definition) is 1. The maximum absolute atomic E-state index is 12.8. The van der Waals surface area contributed by atoms with Gasteiger partial charge in [-0.3, -0.25) is 4.79 Å². The van der Waals surface area contributed by atoms with Crippen molar-refractivity contribution in [3.8, 4) is 0 Å². The fraction of sp³-hybridized carbons (Fsp3) is 0.263. The maximum Gasteiger partial charge on any atom is 0.295 e. The van der Waals surface area contributed by atoms with Crippen molar-refractivity contribution < 1.29 is 9.21 Å². The average molecular weight is 390 g/mol. The summed E-state index contributed by atoms with van der Waals surface area (Å²) in [6, 6.07) is 11.2. The largest absolute Gasteiger partial charge is 0.423 e. The SMILES string of the molecule is Cc1cc(Cl)ccc1C(=O)N1CC[C@@H](Nc2nc3ccc(Cl)cc3o2)C1. The van der Waals surface area contributed by atoms with Gasteiger partial charge in [-0.05, 0) is 49.2 Å². The number of carbonyl (C=O) groups excluding carboxylic acids is 1. The number of hydrogen-bond acceptors (Lipinski definition) is 4. The zero-order valence-electron chi connectivity index (χ0n) is 14.1. The molecular formula is C19H17Cl2N3O2. The number of aryl methyl sites for hydroxylation is 1. The summed E-state index contributed by atoms with van der Waals surface area (Å²) in [5, 5.41) is 4.52. The lowest BCUT2D eigenvalue weighted by Gasteiger charge is -2.18. The van der Waals surface area contributed by atoms with Gasteiger partial charge >= 0.3 is 0 Å². The molecule has 1 N–H and O–H groups in total. The van der Waals surface area contributed by atoms with Crippen LogP contribution in [0.3, 0.4) is 0 Å². The summed E-state index contributed by atoms with van der Waals surface area (Å²) >= 11 is 11.9. The van der Waals surface area contributed by atoms with Gasteiger partial charge in [-0.25, -0.2) is 0 Å². The number of benzene rings is 2. The second-order valence-corrected chi connectivity index (χ2v) is 7.34. The van der Waals surface area contributed by atoms with Crippen LogP contribution in [0.15, 0.2) is 40.8 Å². The molecule has 2 aromatic carbocycles. The third-order valence-corrected chi connectivity index (χ3v) is 5.04. The maximum atomic E-state index is 12.8. The van der Waals surface area contributed by atoms with Crippen LogP contribution >= 0.6 is 23.2 Å². The van der Waals surface area contributed by atoms with Gasteiger partial charge in [0.2, 0.25) is 0 Å². The molecule has 3 aromatic rings. The van der Waals surface area contributed by atoms with Crippen LogP contribution in [0.4, 0.5) is 6.01 Å². The smallest absolute Gasteiger partial charge is 0.295 e. The molecule has 0 spiro atoms. The Bertz CT molecular complexity index is 986. The number of fused-ring (bicyclic) bond motifs is 1. The second-order valence-electron chi connectivity index (χ2n) is 6.47. The molecule has 1 aliphatic heterocycles. The van der Waals surface area contributed by atoms with Gasteiger partial charge in [0.05, 0.1) is 0 Å². The van der Waals surface area contributed by atoms with Crippen LogP contribution in [0.1, 0.15) is 22.3 Å². The monoisotopic (exact) mass is 389 g/mol. The molecule has 7 heteroatoms. The van der Waals surface area contributed by atoms with Gasteiger partial charge in [0.1, 0.15) is 5.52 Å². The first kappa shape index (κ1) is 17.2. The third kappa shape index (κ3) is 3.37. The van der Waals surface area contributed by atoms with Crippen LogP contribution in [0.5, 0.6) is 0 Å². The Kier molecular flexibility index (Phi) is 4.51. The molecule has 1 aliphatic rings. The summed E-state index contributed by atoms with van der Waals surface area (Å²) in [4.78, 5) is 19.0. The minimum absolute atomic E-state index is 0.0211. The van der Waals surface area contributed by atoms with Crippen LogP contribution < -0.4 is 5.32 Å².